The fourth-order valence-electron chi connectivity index (χ4n) is 3.63. The normalized spacial score (nSPS) is 20.4. The van der Waals surface area contributed by atoms with Gasteiger partial charge in [0.15, 0.2) is 0 Å². The number of halogens is 19. The van der Waals surface area contributed by atoms with E-state index in [0.29, 0.717) is 0 Å². The lowest BCUT2D eigenvalue weighted by Crippen LogP contribution is -2.67. The first-order valence-corrected chi connectivity index (χ1v) is 15.1. The van der Waals surface area contributed by atoms with Crippen molar-refractivity contribution in [3.8, 4) is 0 Å². The molecule has 2 aliphatic rings. The summed E-state index contributed by atoms with van der Waals surface area (Å²) in [5.41, 5.74) is 0. The van der Waals surface area contributed by atoms with Crippen molar-refractivity contribution in [3.63, 3.8) is 0 Å². The Kier molecular flexibility index (Phi) is 15.3. The first-order valence-electron chi connectivity index (χ1n) is 12.2. The lowest BCUT2D eigenvalue weighted by molar-refractivity contribution is -0.893. The number of piperazine rings is 2. The Morgan fingerprint density at radius 1 is 0.469 bits per heavy atom. The molecule has 2 rings (SSSR count). The number of hydrogen-bond acceptors (Lipinski definition) is 5. The quantitative estimate of drug-likeness (QED) is 0.186. The highest BCUT2D eigenvalue weighted by atomic mass is 127. The maximum atomic E-state index is 13.6. The molecule has 2 heterocycles. The predicted octanol–water partition coefficient (Wildman–Crippen LogP) is 5.38. The van der Waals surface area contributed by atoms with Gasteiger partial charge in [-0.3, -0.25) is 0 Å². The van der Waals surface area contributed by atoms with Gasteiger partial charge in [0.2, 0.25) is 0 Å². The Balaban J connectivity index is 0. The minimum Gasteiger partial charge on any atom is -0.326 e. The number of nitrogens with zero attached hydrogens (tertiary/aromatic N) is 4. The molecule has 49 heavy (non-hydrogen) atoms. The van der Waals surface area contributed by atoms with E-state index in [0.717, 1.165) is 0 Å². The molecular formula is C20H30F18IN4O4S2+. The first-order chi connectivity index (χ1) is 20.3. The maximum Gasteiger partial charge on any atom is 0.460 e. The summed E-state index contributed by atoms with van der Waals surface area (Å²) in [6, 6.07) is 0. The predicted molar refractivity (Wildman–Crippen MR) is 144 cm³/mol. The molecule has 0 aromatic carbocycles. The van der Waals surface area contributed by atoms with Crippen LogP contribution >= 0.6 is 24.0 Å². The third-order valence-corrected chi connectivity index (χ3v) is 10.8. The molecule has 0 aromatic heterocycles. The van der Waals surface area contributed by atoms with E-state index in [1.165, 1.54) is 11.9 Å². The van der Waals surface area contributed by atoms with Crippen molar-refractivity contribution in [1.82, 2.24) is 13.5 Å². The van der Waals surface area contributed by atoms with E-state index in [1.807, 2.05) is 0 Å². The molecule has 0 bridgehead atoms. The van der Waals surface area contributed by atoms with Crippen LogP contribution in [0.25, 0.3) is 0 Å². The van der Waals surface area contributed by atoms with Crippen LogP contribution in [0.5, 0.6) is 0 Å². The Bertz CT molecular complexity index is 1320. The number of quaternary nitrogens is 1. The van der Waals surface area contributed by atoms with Crippen molar-refractivity contribution in [2.45, 2.75) is 54.0 Å². The second-order valence-electron chi connectivity index (χ2n) is 10.8. The van der Waals surface area contributed by atoms with Gasteiger partial charge >= 0.3 is 46.6 Å². The Hall–Kier alpha value is -0.790. The van der Waals surface area contributed by atoms with Crippen LogP contribution in [0.2, 0.25) is 0 Å². The molecular weight excluding hydrogens is 893 g/mol. The molecule has 0 spiro atoms. The second-order valence-corrected chi connectivity index (χ2v) is 14.8. The van der Waals surface area contributed by atoms with Crippen molar-refractivity contribution >= 4 is 44.0 Å². The average molecular weight is 923 g/mol. The van der Waals surface area contributed by atoms with Crippen molar-refractivity contribution in [3.05, 3.63) is 0 Å². The van der Waals surface area contributed by atoms with Crippen molar-refractivity contribution in [2.75, 3.05) is 73.5 Å². The zero-order valence-corrected chi connectivity index (χ0v) is 28.1. The first kappa shape index (κ1) is 50.3. The highest BCUT2D eigenvalue weighted by molar-refractivity contribution is 14.0. The highest BCUT2D eigenvalue weighted by Gasteiger charge is 2.87. The van der Waals surface area contributed by atoms with Gasteiger partial charge < -0.3 is 9.38 Å². The molecule has 0 saturated carbocycles. The molecule has 29 heteroatoms. The van der Waals surface area contributed by atoms with Crippen molar-refractivity contribution in [1.29, 1.82) is 0 Å². The van der Waals surface area contributed by atoms with Crippen LogP contribution in [0.4, 0.5) is 79.0 Å². The number of alkyl halides is 18. The summed E-state index contributed by atoms with van der Waals surface area (Å²) in [7, 11) is -8.33. The van der Waals surface area contributed by atoms with Crippen molar-refractivity contribution in [2.24, 2.45) is 0 Å². The fourth-order valence-corrected chi connectivity index (χ4v) is 6.47. The largest absolute Gasteiger partial charge is 0.460 e. The summed E-state index contributed by atoms with van der Waals surface area (Å²) in [4.78, 5) is 1.42. The van der Waals surface area contributed by atoms with E-state index >= 15 is 0 Å². The van der Waals surface area contributed by atoms with Gasteiger partial charge in [0.25, 0.3) is 20.0 Å². The minimum atomic E-state index is -7.23. The second kappa shape index (κ2) is 14.9. The molecule has 2 fully saturated rings. The summed E-state index contributed by atoms with van der Waals surface area (Å²) in [6.07, 6.45) is -14.1. The molecule has 298 valence electrons. The highest BCUT2D eigenvalue weighted by Crippen LogP contribution is 2.56. The van der Waals surface area contributed by atoms with E-state index in [1.54, 1.807) is 14.1 Å². The summed E-state index contributed by atoms with van der Waals surface area (Å²) >= 11 is 0. The van der Waals surface area contributed by atoms with E-state index < -0.39 is 92.8 Å². The van der Waals surface area contributed by atoms with Gasteiger partial charge in [-0.15, -0.1) is 24.0 Å². The van der Waals surface area contributed by atoms with Crippen LogP contribution in [-0.4, -0.2) is 155 Å². The summed E-state index contributed by atoms with van der Waals surface area (Å²) < 4.78 is 276. The van der Waals surface area contributed by atoms with Crippen LogP contribution in [0.15, 0.2) is 0 Å². The third-order valence-electron chi connectivity index (χ3n) is 6.93. The van der Waals surface area contributed by atoms with E-state index in [-0.39, 0.29) is 70.7 Å². The minimum absolute atomic E-state index is 0. The number of rotatable bonds is 8. The van der Waals surface area contributed by atoms with Gasteiger partial charge in [-0.25, -0.2) is 16.8 Å². The van der Waals surface area contributed by atoms with Crippen LogP contribution in [0, 0.1) is 0 Å². The molecule has 2 aliphatic heterocycles. The standard InChI is InChI=1S/C10H14F9N2O2S.C9H11F9N2O2S.CH4.HI/c1-21(2)5-3-20(4-6-21)24(22,23)10(18,19)8(13,14)7(11,12)9(15,16)17;1-19-2-4-20(5-3-19)23(21,22)9(17,18)7(12,13)6(10,11)8(14,15)16;;/h3-6H2,1-2H3;2-5H2,1H3;1H4;1H/q+1;;;. The molecule has 0 amide bonds. The van der Waals surface area contributed by atoms with Gasteiger partial charge in [0, 0.05) is 26.2 Å². The monoisotopic (exact) mass is 923 g/mol. The summed E-state index contributed by atoms with van der Waals surface area (Å²) in [6.45, 7) is -3.54. The van der Waals surface area contributed by atoms with Crippen molar-refractivity contribution < 1.29 is 100 Å². The number of hydrogen-bond donors (Lipinski definition) is 0. The van der Waals surface area contributed by atoms with Gasteiger partial charge in [-0.1, -0.05) is 7.43 Å². The molecule has 0 unspecified atom stereocenters. The third kappa shape index (κ3) is 8.72. The number of likely N-dealkylation sites (N-methyl/N-ethyl adjacent to an activating group) is 2. The SMILES string of the molecule is C.CN1CCN(S(=O)(=O)C(F)(F)C(F)(F)C(F)(F)C(F)(F)F)CC1.C[N+]1(C)CCN(S(=O)(=O)C(F)(F)C(F)(F)C(F)(F)C(F)(F)F)CC1.I. The van der Waals surface area contributed by atoms with Gasteiger partial charge in [-0.2, -0.15) is 87.6 Å². The topological polar surface area (TPSA) is 78.0 Å². The van der Waals surface area contributed by atoms with Crippen LogP contribution < -0.4 is 0 Å². The van der Waals surface area contributed by atoms with Gasteiger partial charge in [0.05, 0.1) is 40.3 Å². The van der Waals surface area contributed by atoms with Crippen LogP contribution in [0.1, 0.15) is 7.43 Å². The molecule has 8 nitrogen and oxygen atoms in total. The Morgan fingerprint density at radius 3 is 0.959 bits per heavy atom. The molecule has 0 aromatic rings. The average Bonchev–Trinajstić information content (AvgIpc) is 2.87. The van der Waals surface area contributed by atoms with Crippen LogP contribution in [0.3, 0.4) is 0 Å². The molecule has 0 aliphatic carbocycles. The molecule has 0 N–H and O–H groups in total. The fraction of sp³-hybridized carbons (Fsp3) is 1.00. The number of sulfonamides is 2. The molecule has 0 radical (unpaired) electrons. The zero-order chi connectivity index (χ0) is 37.9. The van der Waals surface area contributed by atoms with Gasteiger partial charge in [0.1, 0.15) is 0 Å². The summed E-state index contributed by atoms with van der Waals surface area (Å²) in [5.74, 6) is -28.8. The van der Waals surface area contributed by atoms with Gasteiger partial charge in [-0.05, 0) is 7.05 Å². The molecule has 2 saturated heterocycles. The lowest BCUT2D eigenvalue weighted by atomic mass is 10.1. The van der Waals surface area contributed by atoms with E-state index in [2.05, 4.69) is 0 Å². The van der Waals surface area contributed by atoms with E-state index in [9.17, 15) is 95.9 Å². The summed E-state index contributed by atoms with van der Waals surface area (Å²) in [5, 5.41) is -13.3. The molecule has 0 atom stereocenters. The van der Waals surface area contributed by atoms with E-state index in [4.69, 9.17) is 0 Å². The Labute approximate surface area is 285 Å². The smallest absolute Gasteiger partial charge is 0.326 e. The Morgan fingerprint density at radius 2 is 0.714 bits per heavy atom. The zero-order valence-electron chi connectivity index (χ0n) is 24.1. The maximum absolute atomic E-state index is 13.6. The van der Waals surface area contributed by atoms with Crippen LogP contribution in [-0.2, 0) is 20.0 Å². The lowest BCUT2D eigenvalue weighted by Gasteiger charge is -2.41.